The van der Waals surface area contributed by atoms with Crippen LogP contribution in [0.25, 0.3) is 5.70 Å². The van der Waals surface area contributed by atoms with Gasteiger partial charge in [0.1, 0.15) is 18.3 Å². The molecule has 1 atom stereocenters. The van der Waals surface area contributed by atoms with Gasteiger partial charge in [-0.2, -0.15) is 0 Å². The Labute approximate surface area is 142 Å². The summed E-state index contributed by atoms with van der Waals surface area (Å²) in [6.07, 6.45) is 1.77. The molecule has 0 fully saturated rings. The second-order valence-electron chi connectivity index (χ2n) is 5.46. The van der Waals surface area contributed by atoms with Crippen LogP contribution < -0.4 is 10.7 Å². The Morgan fingerprint density at radius 3 is 2.50 bits per heavy atom. The number of hydrazine groups is 1. The molecule has 0 radical (unpaired) electrons. The quantitative estimate of drug-likeness (QED) is 0.875. The molecule has 0 saturated heterocycles. The monoisotopic (exact) mass is 346 g/mol. The first-order valence-electron chi connectivity index (χ1n) is 7.39. The van der Waals surface area contributed by atoms with E-state index in [9.17, 15) is 8.78 Å². The highest BCUT2D eigenvalue weighted by molar-refractivity contribution is 6.30. The molecule has 1 unspecified atom stereocenters. The standard InChI is InChI=1S/C17H13ClF2N4/c18-11-6-4-10(5-7-11)14-8-15(24-17(23-14)21-9-22-24)16-12(19)2-1-3-13(16)20/h1-8,15,22H,9H2,(H,21,23). The van der Waals surface area contributed by atoms with Crippen molar-refractivity contribution in [2.75, 3.05) is 6.67 Å². The minimum Gasteiger partial charge on any atom is -0.325 e. The number of benzene rings is 2. The van der Waals surface area contributed by atoms with E-state index in [1.165, 1.54) is 18.2 Å². The van der Waals surface area contributed by atoms with Crippen LogP contribution in [0.1, 0.15) is 17.2 Å². The first-order valence-corrected chi connectivity index (χ1v) is 7.77. The maximum Gasteiger partial charge on any atom is 0.215 e. The summed E-state index contributed by atoms with van der Waals surface area (Å²) in [5.41, 5.74) is 4.57. The second kappa shape index (κ2) is 5.89. The first-order chi connectivity index (χ1) is 11.6. The summed E-state index contributed by atoms with van der Waals surface area (Å²) in [6, 6.07) is 10.4. The number of hydrogen-bond donors (Lipinski definition) is 2. The molecular weight excluding hydrogens is 334 g/mol. The topological polar surface area (TPSA) is 39.7 Å². The Bertz CT molecular complexity index is 828. The average Bonchev–Trinajstić information content (AvgIpc) is 3.04. The van der Waals surface area contributed by atoms with Crippen molar-refractivity contribution < 1.29 is 8.78 Å². The van der Waals surface area contributed by atoms with Crippen LogP contribution in [0.5, 0.6) is 0 Å². The van der Waals surface area contributed by atoms with Gasteiger partial charge < -0.3 is 5.32 Å². The third-order valence-electron chi connectivity index (χ3n) is 4.00. The summed E-state index contributed by atoms with van der Waals surface area (Å²) < 4.78 is 28.5. The Hall–Kier alpha value is -2.44. The molecule has 0 bridgehead atoms. The smallest absolute Gasteiger partial charge is 0.215 e. The van der Waals surface area contributed by atoms with Crippen molar-refractivity contribution in [1.82, 2.24) is 15.8 Å². The Kier molecular flexibility index (Phi) is 3.70. The number of aliphatic imine (C=N–C) groups is 1. The van der Waals surface area contributed by atoms with Gasteiger partial charge in [0.25, 0.3) is 0 Å². The van der Waals surface area contributed by atoms with Crippen molar-refractivity contribution >= 4 is 23.3 Å². The van der Waals surface area contributed by atoms with Crippen molar-refractivity contribution in [3.05, 3.63) is 76.3 Å². The summed E-state index contributed by atoms with van der Waals surface area (Å²) in [5.74, 6) is -0.668. The van der Waals surface area contributed by atoms with E-state index in [0.29, 0.717) is 17.7 Å². The summed E-state index contributed by atoms with van der Waals surface area (Å²) in [4.78, 5) is 4.29. The predicted molar refractivity (Wildman–Crippen MR) is 88.9 cm³/mol. The number of halogens is 3. The summed E-state index contributed by atoms with van der Waals surface area (Å²) in [6.45, 7) is 0.344. The molecule has 2 heterocycles. The third kappa shape index (κ3) is 2.53. The molecule has 122 valence electrons. The maximum atomic E-state index is 14.3. The molecule has 0 aliphatic carbocycles. The zero-order chi connectivity index (χ0) is 16.7. The van der Waals surface area contributed by atoms with Gasteiger partial charge in [-0.25, -0.2) is 19.2 Å². The highest BCUT2D eigenvalue weighted by Crippen LogP contribution is 2.33. The molecular formula is C17H13ClF2N4. The molecule has 24 heavy (non-hydrogen) atoms. The molecule has 2 aromatic carbocycles. The fourth-order valence-corrected chi connectivity index (χ4v) is 2.99. The Morgan fingerprint density at radius 1 is 1.08 bits per heavy atom. The van der Waals surface area contributed by atoms with E-state index >= 15 is 0 Å². The molecule has 0 saturated carbocycles. The Morgan fingerprint density at radius 2 is 1.79 bits per heavy atom. The third-order valence-corrected chi connectivity index (χ3v) is 4.25. The highest BCUT2D eigenvalue weighted by Gasteiger charge is 2.34. The lowest BCUT2D eigenvalue weighted by molar-refractivity contribution is 0.273. The lowest BCUT2D eigenvalue weighted by Gasteiger charge is -2.34. The predicted octanol–water partition coefficient (Wildman–Crippen LogP) is 3.44. The first kappa shape index (κ1) is 15.1. The van der Waals surface area contributed by atoms with Crippen LogP contribution in [0.15, 0.2) is 53.5 Å². The summed E-state index contributed by atoms with van der Waals surface area (Å²) in [5, 5.41) is 5.42. The molecule has 4 rings (SSSR count). The summed E-state index contributed by atoms with van der Waals surface area (Å²) in [7, 11) is 0. The van der Waals surface area contributed by atoms with E-state index in [0.717, 1.165) is 11.3 Å². The average molecular weight is 347 g/mol. The molecule has 2 aliphatic heterocycles. The van der Waals surface area contributed by atoms with E-state index in [1.807, 2.05) is 12.1 Å². The van der Waals surface area contributed by atoms with Crippen molar-refractivity contribution in [3.8, 4) is 0 Å². The number of fused-ring (bicyclic) bond motifs is 1. The zero-order valence-electron chi connectivity index (χ0n) is 12.4. The van der Waals surface area contributed by atoms with Gasteiger partial charge >= 0.3 is 0 Å². The van der Waals surface area contributed by atoms with E-state index in [4.69, 9.17) is 11.6 Å². The highest BCUT2D eigenvalue weighted by atomic mass is 35.5. The maximum absolute atomic E-state index is 14.3. The van der Waals surface area contributed by atoms with Crippen LogP contribution in [0.3, 0.4) is 0 Å². The van der Waals surface area contributed by atoms with Gasteiger partial charge in [0.05, 0.1) is 11.6 Å². The minimum absolute atomic E-state index is 0.0208. The van der Waals surface area contributed by atoms with Gasteiger partial charge in [0.15, 0.2) is 0 Å². The lowest BCUT2D eigenvalue weighted by atomic mass is 10.00. The lowest BCUT2D eigenvalue weighted by Crippen LogP contribution is -2.48. The normalized spacial score (nSPS) is 19.5. The van der Waals surface area contributed by atoms with E-state index < -0.39 is 17.7 Å². The molecule has 7 heteroatoms. The van der Waals surface area contributed by atoms with Gasteiger partial charge in [-0.3, -0.25) is 5.01 Å². The number of nitrogens with zero attached hydrogens (tertiary/aromatic N) is 2. The van der Waals surface area contributed by atoms with E-state index in [2.05, 4.69) is 15.7 Å². The fraction of sp³-hybridized carbons (Fsp3) is 0.118. The van der Waals surface area contributed by atoms with Crippen LogP contribution in [0.2, 0.25) is 5.02 Å². The zero-order valence-corrected chi connectivity index (χ0v) is 13.2. The van der Waals surface area contributed by atoms with Crippen molar-refractivity contribution in [3.63, 3.8) is 0 Å². The molecule has 0 spiro atoms. The number of guanidine groups is 1. The number of nitrogens with one attached hydrogen (secondary N) is 2. The second-order valence-corrected chi connectivity index (χ2v) is 5.90. The SMILES string of the molecule is Fc1cccc(F)c1C1C=C(c2ccc(Cl)cc2)NC2=NCNN21. The molecule has 4 nitrogen and oxygen atoms in total. The molecule has 0 aromatic heterocycles. The largest absolute Gasteiger partial charge is 0.325 e. The van der Waals surface area contributed by atoms with Crippen molar-refractivity contribution in [2.24, 2.45) is 4.99 Å². The molecule has 2 aliphatic rings. The Balaban J connectivity index is 1.83. The van der Waals surface area contributed by atoms with Crippen LogP contribution in [0.4, 0.5) is 8.78 Å². The van der Waals surface area contributed by atoms with Gasteiger partial charge in [0.2, 0.25) is 5.96 Å². The van der Waals surface area contributed by atoms with Crippen LogP contribution >= 0.6 is 11.6 Å². The number of rotatable bonds is 2. The molecule has 2 aromatic rings. The van der Waals surface area contributed by atoms with Crippen LogP contribution in [-0.2, 0) is 0 Å². The van der Waals surface area contributed by atoms with Crippen molar-refractivity contribution in [2.45, 2.75) is 6.04 Å². The summed E-state index contributed by atoms with van der Waals surface area (Å²) >= 11 is 5.92. The van der Waals surface area contributed by atoms with E-state index in [1.54, 1.807) is 23.2 Å². The van der Waals surface area contributed by atoms with Gasteiger partial charge in [-0.15, -0.1) is 0 Å². The van der Waals surface area contributed by atoms with E-state index in [-0.39, 0.29) is 5.56 Å². The number of hydrogen-bond acceptors (Lipinski definition) is 4. The van der Waals surface area contributed by atoms with Gasteiger partial charge in [0, 0.05) is 10.7 Å². The molecule has 2 N–H and O–H groups in total. The van der Waals surface area contributed by atoms with Crippen LogP contribution in [0, 0.1) is 11.6 Å². The molecule has 0 amide bonds. The fourth-order valence-electron chi connectivity index (χ4n) is 2.87. The van der Waals surface area contributed by atoms with Crippen molar-refractivity contribution in [1.29, 1.82) is 0 Å². The van der Waals surface area contributed by atoms with Crippen LogP contribution in [-0.4, -0.2) is 17.6 Å². The minimum atomic E-state index is -0.653. The van der Waals surface area contributed by atoms with Gasteiger partial charge in [-0.1, -0.05) is 29.8 Å². The van der Waals surface area contributed by atoms with Gasteiger partial charge in [-0.05, 0) is 35.9 Å².